The van der Waals surface area contributed by atoms with Crippen LogP contribution in [-0.4, -0.2) is 25.3 Å². The summed E-state index contributed by atoms with van der Waals surface area (Å²) >= 11 is 5.66. The van der Waals surface area contributed by atoms with Gasteiger partial charge in [-0.15, -0.1) is 11.6 Å². The van der Waals surface area contributed by atoms with E-state index in [4.69, 9.17) is 11.6 Å². The first-order valence-corrected chi connectivity index (χ1v) is 11.1. The van der Waals surface area contributed by atoms with Crippen molar-refractivity contribution < 1.29 is 8.42 Å². The molecule has 128 valence electrons. The van der Waals surface area contributed by atoms with Crippen molar-refractivity contribution in [3.05, 3.63) is 0 Å². The van der Waals surface area contributed by atoms with Crippen molar-refractivity contribution in [2.75, 3.05) is 11.6 Å². The first-order valence-electron chi connectivity index (χ1n) is 8.86. The van der Waals surface area contributed by atoms with E-state index in [2.05, 4.69) is 13.8 Å². The Hall–Kier alpha value is 0.240. The van der Waals surface area contributed by atoms with Gasteiger partial charge in [-0.3, -0.25) is 0 Å². The summed E-state index contributed by atoms with van der Waals surface area (Å²) in [5, 5.41) is -0.153. The molecule has 0 N–H and O–H groups in total. The highest BCUT2D eigenvalue weighted by Gasteiger charge is 2.23. The maximum Gasteiger partial charge on any atom is 0.154 e. The Morgan fingerprint density at radius 2 is 1.19 bits per heavy atom. The van der Waals surface area contributed by atoms with E-state index in [1.807, 2.05) is 0 Å². The number of hydrogen-bond donors (Lipinski definition) is 0. The van der Waals surface area contributed by atoms with Crippen LogP contribution in [0.1, 0.15) is 90.9 Å². The van der Waals surface area contributed by atoms with E-state index < -0.39 is 9.84 Å². The average molecular weight is 339 g/mol. The van der Waals surface area contributed by atoms with Gasteiger partial charge in [-0.2, -0.15) is 0 Å². The molecule has 0 aliphatic rings. The number of sulfone groups is 1. The molecule has 0 saturated carbocycles. The van der Waals surface area contributed by atoms with E-state index in [1.54, 1.807) is 0 Å². The van der Waals surface area contributed by atoms with Gasteiger partial charge in [0.2, 0.25) is 0 Å². The second-order valence-corrected chi connectivity index (χ2v) is 8.86. The third kappa shape index (κ3) is 11.5. The summed E-state index contributed by atoms with van der Waals surface area (Å²) in [7, 11) is -2.99. The SMILES string of the molecule is CCCCCCCC(CCCCCCC)S(=O)(=O)CCCl. The molecule has 0 aromatic heterocycles. The highest BCUT2D eigenvalue weighted by molar-refractivity contribution is 7.92. The molecule has 0 aromatic carbocycles. The number of rotatable bonds is 15. The van der Waals surface area contributed by atoms with Crippen LogP contribution < -0.4 is 0 Å². The molecule has 0 fully saturated rings. The van der Waals surface area contributed by atoms with Crippen molar-refractivity contribution in [2.24, 2.45) is 0 Å². The Morgan fingerprint density at radius 3 is 1.57 bits per heavy atom. The summed E-state index contributed by atoms with van der Waals surface area (Å²) in [4.78, 5) is 0. The van der Waals surface area contributed by atoms with Gasteiger partial charge in [0.1, 0.15) is 0 Å². The van der Waals surface area contributed by atoms with E-state index in [-0.39, 0.29) is 16.9 Å². The standard InChI is InChI=1S/C17H35ClO2S/c1-3-5-7-9-11-13-17(21(19,20)16-15-18)14-12-10-8-6-4-2/h17H,3-16H2,1-2H3. The zero-order valence-corrected chi connectivity index (χ0v) is 15.7. The Morgan fingerprint density at radius 1 is 0.762 bits per heavy atom. The van der Waals surface area contributed by atoms with Gasteiger partial charge in [-0.25, -0.2) is 8.42 Å². The van der Waals surface area contributed by atoms with Crippen LogP contribution in [0.5, 0.6) is 0 Å². The third-order valence-corrected chi connectivity index (χ3v) is 6.80. The van der Waals surface area contributed by atoms with Crippen LogP contribution in [0.25, 0.3) is 0 Å². The first kappa shape index (κ1) is 21.2. The average Bonchev–Trinajstić information content (AvgIpc) is 2.44. The van der Waals surface area contributed by atoms with Crippen LogP contribution in [0.3, 0.4) is 0 Å². The molecule has 0 radical (unpaired) electrons. The normalized spacial score (nSPS) is 12.2. The highest BCUT2D eigenvalue weighted by Crippen LogP contribution is 2.20. The second-order valence-electron chi connectivity index (χ2n) is 6.08. The summed E-state index contributed by atoms with van der Waals surface area (Å²) in [5.74, 6) is 0.369. The third-order valence-electron chi connectivity index (χ3n) is 4.13. The molecule has 2 nitrogen and oxygen atoms in total. The molecule has 0 aliphatic carbocycles. The van der Waals surface area contributed by atoms with Gasteiger partial charge >= 0.3 is 0 Å². The smallest absolute Gasteiger partial charge is 0.154 e. The maximum absolute atomic E-state index is 12.3. The number of hydrogen-bond acceptors (Lipinski definition) is 2. The van der Waals surface area contributed by atoms with E-state index in [0.717, 1.165) is 38.5 Å². The number of halogens is 1. The molecule has 0 aromatic rings. The molecular formula is C17H35ClO2S. The maximum atomic E-state index is 12.3. The molecule has 0 aliphatic heterocycles. The van der Waals surface area contributed by atoms with Crippen LogP contribution in [0.15, 0.2) is 0 Å². The van der Waals surface area contributed by atoms with Crippen molar-refractivity contribution >= 4 is 21.4 Å². The molecular weight excluding hydrogens is 304 g/mol. The lowest BCUT2D eigenvalue weighted by Crippen LogP contribution is -2.25. The fraction of sp³-hybridized carbons (Fsp3) is 1.00. The minimum atomic E-state index is -2.99. The first-order chi connectivity index (χ1) is 10.1. The Kier molecular flexibility index (Phi) is 14.0. The van der Waals surface area contributed by atoms with Crippen molar-refractivity contribution in [1.82, 2.24) is 0 Å². The lowest BCUT2D eigenvalue weighted by Gasteiger charge is -2.17. The van der Waals surface area contributed by atoms with Gasteiger partial charge in [-0.1, -0.05) is 78.1 Å². The van der Waals surface area contributed by atoms with E-state index in [1.165, 1.54) is 38.5 Å². The Bertz CT molecular complexity index is 301. The molecule has 0 unspecified atom stereocenters. The van der Waals surface area contributed by atoms with Crippen molar-refractivity contribution in [3.63, 3.8) is 0 Å². The topological polar surface area (TPSA) is 34.1 Å². The van der Waals surface area contributed by atoms with Gasteiger partial charge in [0.05, 0.1) is 11.0 Å². The minimum absolute atomic E-state index is 0.142. The zero-order chi connectivity index (χ0) is 16.0. The van der Waals surface area contributed by atoms with Crippen LogP contribution in [0.4, 0.5) is 0 Å². The largest absolute Gasteiger partial charge is 0.229 e. The van der Waals surface area contributed by atoms with Crippen LogP contribution in [0, 0.1) is 0 Å². The monoisotopic (exact) mass is 338 g/mol. The molecule has 0 spiro atoms. The van der Waals surface area contributed by atoms with Crippen molar-refractivity contribution in [2.45, 2.75) is 96.1 Å². The summed E-state index contributed by atoms with van der Waals surface area (Å²) in [6.07, 6.45) is 13.5. The Balaban J connectivity index is 4.15. The van der Waals surface area contributed by atoms with Gasteiger partial charge < -0.3 is 0 Å². The van der Waals surface area contributed by atoms with Crippen LogP contribution in [0.2, 0.25) is 0 Å². The van der Waals surface area contributed by atoms with Gasteiger partial charge in [-0.05, 0) is 12.8 Å². The summed E-state index contributed by atoms with van der Waals surface area (Å²) in [6, 6.07) is 0. The lowest BCUT2D eigenvalue weighted by atomic mass is 10.0. The second kappa shape index (κ2) is 13.9. The molecule has 4 heteroatoms. The van der Waals surface area contributed by atoms with Crippen molar-refractivity contribution in [3.8, 4) is 0 Å². The van der Waals surface area contributed by atoms with Crippen LogP contribution in [-0.2, 0) is 9.84 Å². The van der Waals surface area contributed by atoms with E-state index in [9.17, 15) is 8.42 Å². The van der Waals surface area contributed by atoms with E-state index >= 15 is 0 Å². The minimum Gasteiger partial charge on any atom is -0.229 e. The predicted octanol–water partition coefficient (Wildman–Crippen LogP) is 5.73. The predicted molar refractivity (Wildman–Crippen MR) is 95.0 cm³/mol. The fourth-order valence-electron chi connectivity index (χ4n) is 2.73. The summed E-state index contributed by atoms with van der Waals surface area (Å²) in [5.41, 5.74) is 0. The van der Waals surface area contributed by atoms with Gasteiger partial charge in [0, 0.05) is 5.88 Å². The molecule has 0 atom stereocenters. The fourth-order valence-corrected chi connectivity index (χ4v) is 4.97. The summed E-state index contributed by atoms with van der Waals surface area (Å²) < 4.78 is 24.6. The van der Waals surface area contributed by atoms with E-state index in [0.29, 0.717) is 0 Å². The van der Waals surface area contributed by atoms with Gasteiger partial charge in [0.25, 0.3) is 0 Å². The van der Waals surface area contributed by atoms with Crippen molar-refractivity contribution in [1.29, 1.82) is 0 Å². The number of alkyl halides is 1. The molecule has 0 rings (SSSR count). The lowest BCUT2D eigenvalue weighted by molar-refractivity contribution is 0.517. The zero-order valence-electron chi connectivity index (χ0n) is 14.1. The Labute approximate surface area is 138 Å². The number of unbranched alkanes of at least 4 members (excludes halogenated alkanes) is 8. The highest BCUT2D eigenvalue weighted by atomic mass is 35.5. The molecule has 0 bridgehead atoms. The molecule has 21 heavy (non-hydrogen) atoms. The molecule has 0 amide bonds. The van der Waals surface area contributed by atoms with Gasteiger partial charge in [0.15, 0.2) is 9.84 Å². The summed E-state index contributed by atoms with van der Waals surface area (Å²) in [6.45, 7) is 4.40. The van der Waals surface area contributed by atoms with Crippen LogP contribution >= 0.6 is 11.6 Å². The molecule has 0 heterocycles. The quantitative estimate of drug-likeness (QED) is 0.282. The molecule has 0 saturated heterocycles.